The van der Waals surface area contributed by atoms with Crippen LogP contribution in [-0.2, 0) is 10.5 Å². The van der Waals surface area contributed by atoms with E-state index in [1.807, 2.05) is 13.8 Å². The van der Waals surface area contributed by atoms with Gasteiger partial charge in [0.2, 0.25) is 0 Å². The van der Waals surface area contributed by atoms with E-state index in [1.54, 1.807) is 31.2 Å². The molecular formula is C18H19ClN4O2S2. The number of carbonyl (C=O) groups is 1. The molecule has 0 spiro atoms. The van der Waals surface area contributed by atoms with Gasteiger partial charge in [-0.2, -0.15) is 0 Å². The number of nitrogens with zero attached hydrogens (tertiary/aromatic N) is 1. The van der Waals surface area contributed by atoms with Crippen LogP contribution in [0.1, 0.15) is 23.2 Å². The lowest BCUT2D eigenvalue weighted by Crippen LogP contribution is -2.35. The predicted molar refractivity (Wildman–Crippen MR) is 114 cm³/mol. The first-order valence-corrected chi connectivity index (χ1v) is 10.5. The van der Waals surface area contributed by atoms with E-state index in [0.29, 0.717) is 27.7 Å². The van der Waals surface area contributed by atoms with Gasteiger partial charge in [0.25, 0.3) is 11.5 Å². The van der Waals surface area contributed by atoms with Gasteiger partial charge in [-0.05, 0) is 44.5 Å². The lowest BCUT2D eigenvalue weighted by atomic mass is 10.2. The predicted octanol–water partition coefficient (Wildman–Crippen LogP) is 4.02. The number of carbonyl (C=O) groups excluding carboxylic acids is 1. The van der Waals surface area contributed by atoms with Gasteiger partial charge in [-0.25, -0.2) is 4.98 Å². The number of hydrogen-bond acceptors (Lipinski definition) is 6. The summed E-state index contributed by atoms with van der Waals surface area (Å²) < 4.78 is 0. The lowest BCUT2D eigenvalue weighted by molar-refractivity contribution is -0.119. The topological polar surface area (TPSA) is 86.9 Å². The van der Waals surface area contributed by atoms with E-state index in [2.05, 4.69) is 20.8 Å². The Morgan fingerprint density at radius 1 is 1.41 bits per heavy atom. The molecule has 3 rings (SSSR count). The van der Waals surface area contributed by atoms with Gasteiger partial charge >= 0.3 is 0 Å². The van der Waals surface area contributed by atoms with Gasteiger partial charge in [-0.3, -0.25) is 20.4 Å². The van der Waals surface area contributed by atoms with Crippen LogP contribution in [0.4, 0.5) is 5.69 Å². The van der Waals surface area contributed by atoms with Gasteiger partial charge in [0.05, 0.1) is 22.1 Å². The Morgan fingerprint density at radius 2 is 2.19 bits per heavy atom. The maximum atomic E-state index is 12.3. The van der Waals surface area contributed by atoms with Crippen LogP contribution in [0, 0.1) is 13.8 Å². The first kappa shape index (κ1) is 19.7. The molecule has 1 aromatic carbocycles. The second-order valence-corrected chi connectivity index (χ2v) is 9.02. The van der Waals surface area contributed by atoms with Gasteiger partial charge in [-0.15, -0.1) is 23.1 Å². The van der Waals surface area contributed by atoms with Crippen molar-refractivity contribution in [2.24, 2.45) is 0 Å². The van der Waals surface area contributed by atoms with Crippen molar-refractivity contribution in [1.82, 2.24) is 15.4 Å². The smallest absolute Gasteiger partial charge is 0.259 e. The number of benzene rings is 1. The number of H-pyrrole nitrogens is 1. The number of aryl methyl sites for hydroxylation is 2. The van der Waals surface area contributed by atoms with E-state index < -0.39 is 0 Å². The van der Waals surface area contributed by atoms with E-state index in [0.717, 1.165) is 15.3 Å². The van der Waals surface area contributed by atoms with Crippen molar-refractivity contribution in [3.63, 3.8) is 0 Å². The molecule has 0 radical (unpaired) electrons. The zero-order valence-electron chi connectivity index (χ0n) is 15.1. The highest BCUT2D eigenvalue weighted by Gasteiger charge is 2.16. The molecule has 6 nitrogen and oxygen atoms in total. The fourth-order valence-corrected chi connectivity index (χ4v) is 4.44. The minimum Gasteiger partial charge on any atom is -0.309 e. The number of amides is 1. The number of nitrogens with one attached hydrogen (secondary N) is 3. The molecular weight excluding hydrogens is 404 g/mol. The summed E-state index contributed by atoms with van der Waals surface area (Å²) in [5, 5.41) is 0.911. The Labute approximate surface area is 169 Å². The summed E-state index contributed by atoms with van der Waals surface area (Å²) in [7, 11) is 0. The molecule has 0 aliphatic heterocycles. The third kappa shape index (κ3) is 4.63. The number of hydrogen-bond donors (Lipinski definition) is 3. The number of halogens is 1. The Bertz CT molecular complexity index is 1050. The Kier molecular flexibility index (Phi) is 6.08. The molecule has 0 bridgehead atoms. The monoisotopic (exact) mass is 422 g/mol. The second-order valence-electron chi connectivity index (χ2n) is 6.05. The summed E-state index contributed by atoms with van der Waals surface area (Å²) in [6.45, 7) is 5.71. The average Bonchev–Trinajstić information content (AvgIpc) is 2.92. The fourth-order valence-electron chi connectivity index (χ4n) is 2.45. The van der Waals surface area contributed by atoms with Crippen LogP contribution in [-0.4, -0.2) is 21.1 Å². The number of fused-ring (bicyclic) bond motifs is 1. The highest BCUT2D eigenvalue weighted by molar-refractivity contribution is 7.99. The maximum absolute atomic E-state index is 12.3. The Hall–Kier alpha value is -2.03. The fraction of sp³-hybridized carbons (Fsp3) is 0.278. The molecule has 1 unspecified atom stereocenters. The van der Waals surface area contributed by atoms with Crippen molar-refractivity contribution in [2.75, 3.05) is 5.43 Å². The first-order valence-electron chi connectivity index (χ1n) is 8.27. The number of aromatic amines is 1. The van der Waals surface area contributed by atoms with Crippen molar-refractivity contribution < 1.29 is 4.79 Å². The van der Waals surface area contributed by atoms with E-state index in [1.165, 1.54) is 23.1 Å². The number of thiophene rings is 1. The molecule has 0 saturated heterocycles. The van der Waals surface area contributed by atoms with Crippen LogP contribution in [0.15, 0.2) is 29.1 Å². The molecule has 1 atom stereocenters. The number of hydrazine groups is 1. The van der Waals surface area contributed by atoms with Crippen molar-refractivity contribution >= 4 is 56.5 Å². The van der Waals surface area contributed by atoms with Crippen molar-refractivity contribution in [1.29, 1.82) is 0 Å². The molecule has 27 heavy (non-hydrogen) atoms. The van der Waals surface area contributed by atoms with Gasteiger partial charge < -0.3 is 4.98 Å². The number of thioether (sulfide) groups is 1. The highest BCUT2D eigenvalue weighted by atomic mass is 35.5. The molecule has 3 N–H and O–H groups in total. The molecule has 3 aromatic rings. The molecule has 0 fully saturated rings. The minimum atomic E-state index is -0.329. The molecule has 0 saturated carbocycles. The van der Waals surface area contributed by atoms with Crippen LogP contribution in [0.5, 0.6) is 0 Å². The maximum Gasteiger partial charge on any atom is 0.259 e. The minimum absolute atomic E-state index is 0.128. The first-order chi connectivity index (χ1) is 12.8. The summed E-state index contributed by atoms with van der Waals surface area (Å²) in [6.07, 6.45) is 0. The van der Waals surface area contributed by atoms with Gasteiger partial charge in [-0.1, -0.05) is 17.7 Å². The lowest BCUT2D eigenvalue weighted by Gasteiger charge is -2.13. The summed E-state index contributed by atoms with van der Waals surface area (Å²) in [6, 6.07) is 7.07. The molecule has 9 heteroatoms. The zero-order valence-corrected chi connectivity index (χ0v) is 17.4. The average molecular weight is 423 g/mol. The Balaban J connectivity index is 1.60. The van der Waals surface area contributed by atoms with Crippen LogP contribution < -0.4 is 16.4 Å². The second kappa shape index (κ2) is 8.33. The Morgan fingerprint density at radius 3 is 2.93 bits per heavy atom. The number of rotatable bonds is 6. The van der Waals surface area contributed by atoms with E-state index >= 15 is 0 Å². The van der Waals surface area contributed by atoms with Crippen molar-refractivity contribution in [3.05, 3.63) is 55.9 Å². The van der Waals surface area contributed by atoms with Crippen LogP contribution in [0.3, 0.4) is 0 Å². The molecule has 142 valence electrons. The quantitative estimate of drug-likeness (QED) is 0.522. The highest BCUT2D eigenvalue weighted by Crippen LogP contribution is 2.26. The van der Waals surface area contributed by atoms with Gasteiger partial charge in [0.15, 0.2) is 0 Å². The summed E-state index contributed by atoms with van der Waals surface area (Å²) in [5.41, 5.74) is 7.04. The summed E-state index contributed by atoms with van der Waals surface area (Å²) in [4.78, 5) is 33.7. The van der Waals surface area contributed by atoms with Crippen LogP contribution >= 0.6 is 34.7 Å². The van der Waals surface area contributed by atoms with Crippen molar-refractivity contribution in [2.45, 2.75) is 31.8 Å². The van der Waals surface area contributed by atoms with Crippen molar-refractivity contribution in [3.8, 4) is 0 Å². The van der Waals surface area contributed by atoms with Gasteiger partial charge in [0, 0.05) is 9.90 Å². The molecule has 0 aliphatic rings. The molecule has 0 aliphatic carbocycles. The third-order valence-electron chi connectivity index (χ3n) is 4.08. The van der Waals surface area contributed by atoms with E-state index in [9.17, 15) is 9.59 Å². The SMILES string of the molecule is Cc1sc2nc(CSC(C)C(=O)NNc3cccc(Cl)c3)[nH]c(=O)c2c1C. The van der Waals surface area contributed by atoms with Crippen LogP contribution in [0.25, 0.3) is 10.2 Å². The number of aromatic nitrogens is 2. The summed E-state index contributed by atoms with van der Waals surface area (Å²) >= 11 is 8.83. The van der Waals surface area contributed by atoms with E-state index in [-0.39, 0.29) is 16.7 Å². The third-order valence-corrected chi connectivity index (χ3v) is 6.57. The molecule has 2 aromatic heterocycles. The van der Waals surface area contributed by atoms with Crippen LogP contribution in [0.2, 0.25) is 5.02 Å². The molecule has 2 heterocycles. The zero-order chi connectivity index (χ0) is 19.6. The normalized spacial score (nSPS) is 12.1. The van der Waals surface area contributed by atoms with E-state index in [4.69, 9.17) is 11.6 Å². The molecule has 1 amide bonds. The summed E-state index contributed by atoms with van der Waals surface area (Å²) in [5.74, 6) is 0.833. The number of anilines is 1. The van der Waals surface area contributed by atoms with Gasteiger partial charge in [0.1, 0.15) is 10.7 Å². The largest absolute Gasteiger partial charge is 0.309 e. The standard InChI is InChI=1S/C18H19ClN4O2S2/c1-9-10(2)27-18-15(9)17(25)20-14(21-18)8-26-11(3)16(24)23-22-13-6-4-5-12(19)7-13/h4-7,11,22H,8H2,1-3H3,(H,23,24)(H,20,21,25).